The van der Waals surface area contributed by atoms with Crippen LogP contribution in [0.25, 0.3) is 11.1 Å². The van der Waals surface area contributed by atoms with E-state index in [0.29, 0.717) is 6.01 Å². The van der Waals surface area contributed by atoms with Crippen LogP contribution in [-0.4, -0.2) is 26.1 Å². The molecule has 0 fully saturated rings. The smallest absolute Gasteiger partial charge is 0.297 e. The Morgan fingerprint density at radius 1 is 1.36 bits per heavy atom. The number of benzene rings is 1. The molecule has 0 saturated carbocycles. The minimum absolute atomic E-state index is 0.633. The van der Waals surface area contributed by atoms with E-state index in [2.05, 4.69) is 10.3 Å². The molecule has 1 heterocycles. The first-order valence-corrected chi connectivity index (χ1v) is 4.46. The van der Waals surface area contributed by atoms with Crippen molar-refractivity contribution >= 4 is 22.8 Å². The Balaban J connectivity index is 2.54. The van der Waals surface area contributed by atoms with Crippen molar-refractivity contribution in [2.45, 2.75) is 0 Å². The van der Waals surface area contributed by atoms with Crippen LogP contribution in [0.1, 0.15) is 0 Å². The molecule has 1 N–H and O–H groups in total. The van der Waals surface area contributed by atoms with Crippen LogP contribution < -0.4 is 10.2 Å². The van der Waals surface area contributed by atoms with E-state index in [1.54, 1.807) is 0 Å². The summed E-state index contributed by atoms with van der Waals surface area (Å²) >= 11 is 0. The van der Waals surface area contributed by atoms with E-state index >= 15 is 0 Å². The lowest BCUT2D eigenvalue weighted by Crippen LogP contribution is -2.08. The van der Waals surface area contributed by atoms with Gasteiger partial charge >= 0.3 is 0 Å². The van der Waals surface area contributed by atoms with Crippen molar-refractivity contribution in [3.05, 3.63) is 18.2 Å². The Morgan fingerprint density at radius 3 is 2.79 bits per heavy atom. The number of hydrogen-bond acceptors (Lipinski definition) is 4. The van der Waals surface area contributed by atoms with Crippen LogP contribution in [-0.2, 0) is 0 Å². The van der Waals surface area contributed by atoms with Gasteiger partial charge in [-0.25, -0.2) is 0 Å². The first-order chi connectivity index (χ1) is 6.70. The SMILES string of the molecule is CNc1ccc2nc(N(C)C)oc2c1. The summed E-state index contributed by atoms with van der Waals surface area (Å²) in [5, 5.41) is 3.06. The standard InChI is InChI=1S/C10H13N3O/c1-11-7-4-5-8-9(6-7)14-10(12-8)13(2)3/h4-6,11H,1-3H3. The van der Waals surface area contributed by atoms with Gasteiger partial charge in [-0.3, -0.25) is 0 Å². The van der Waals surface area contributed by atoms with Gasteiger partial charge in [0.2, 0.25) is 0 Å². The van der Waals surface area contributed by atoms with Gasteiger partial charge in [-0.2, -0.15) is 4.98 Å². The van der Waals surface area contributed by atoms with Gasteiger partial charge in [0.1, 0.15) is 5.52 Å². The Morgan fingerprint density at radius 2 is 2.14 bits per heavy atom. The van der Waals surface area contributed by atoms with Gasteiger partial charge in [-0.15, -0.1) is 0 Å². The molecule has 0 saturated heterocycles. The molecule has 2 aromatic rings. The second-order valence-corrected chi connectivity index (χ2v) is 3.32. The van der Waals surface area contributed by atoms with Crippen LogP contribution in [0.2, 0.25) is 0 Å². The largest absolute Gasteiger partial charge is 0.423 e. The molecule has 74 valence electrons. The number of nitrogens with zero attached hydrogens (tertiary/aromatic N) is 2. The first kappa shape index (κ1) is 8.87. The summed E-state index contributed by atoms with van der Waals surface area (Å²) in [6, 6.07) is 6.49. The number of fused-ring (bicyclic) bond motifs is 1. The molecule has 4 nitrogen and oxygen atoms in total. The van der Waals surface area contributed by atoms with Gasteiger partial charge in [-0.05, 0) is 12.1 Å². The molecule has 0 aliphatic heterocycles. The fraction of sp³-hybridized carbons (Fsp3) is 0.300. The van der Waals surface area contributed by atoms with Crippen LogP contribution in [0, 0.1) is 0 Å². The van der Waals surface area contributed by atoms with Crippen LogP contribution >= 0.6 is 0 Å². The highest BCUT2D eigenvalue weighted by molar-refractivity contribution is 5.78. The molecule has 1 aromatic heterocycles. The molecule has 14 heavy (non-hydrogen) atoms. The van der Waals surface area contributed by atoms with Crippen LogP contribution in [0.4, 0.5) is 11.7 Å². The Hall–Kier alpha value is -1.71. The second kappa shape index (κ2) is 3.21. The molecule has 0 aliphatic rings. The molecule has 0 atom stereocenters. The summed E-state index contributed by atoms with van der Waals surface area (Å²) in [7, 11) is 5.69. The maximum absolute atomic E-state index is 5.55. The lowest BCUT2D eigenvalue weighted by molar-refractivity contribution is 0.597. The summed E-state index contributed by atoms with van der Waals surface area (Å²) in [5.74, 6) is 0. The van der Waals surface area contributed by atoms with Crippen molar-refractivity contribution in [2.24, 2.45) is 0 Å². The van der Waals surface area contributed by atoms with E-state index in [9.17, 15) is 0 Å². The molecule has 0 bridgehead atoms. The highest BCUT2D eigenvalue weighted by Crippen LogP contribution is 2.23. The number of aromatic nitrogens is 1. The number of hydrogen-bond donors (Lipinski definition) is 1. The molecule has 0 radical (unpaired) electrons. The summed E-state index contributed by atoms with van der Waals surface area (Å²) < 4.78 is 5.55. The number of nitrogens with one attached hydrogen (secondary N) is 1. The number of anilines is 2. The monoisotopic (exact) mass is 191 g/mol. The summed E-state index contributed by atoms with van der Waals surface area (Å²) in [6.45, 7) is 0. The van der Waals surface area contributed by atoms with Gasteiger partial charge < -0.3 is 14.6 Å². The van der Waals surface area contributed by atoms with Gasteiger partial charge in [0.25, 0.3) is 6.01 Å². The third kappa shape index (κ3) is 1.39. The van der Waals surface area contributed by atoms with Gasteiger partial charge in [0, 0.05) is 32.9 Å². The topological polar surface area (TPSA) is 41.3 Å². The van der Waals surface area contributed by atoms with Crippen molar-refractivity contribution in [1.29, 1.82) is 0 Å². The first-order valence-electron chi connectivity index (χ1n) is 4.46. The Kier molecular flexibility index (Phi) is 2.04. The summed E-state index contributed by atoms with van der Waals surface area (Å²) in [5.41, 5.74) is 2.72. The molecule has 0 unspecified atom stereocenters. The van der Waals surface area contributed by atoms with Crippen molar-refractivity contribution in [1.82, 2.24) is 4.98 Å². The van der Waals surface area contributed by atoms with Crippen LogP contribution in [0.15, 0.2) is 22.6 Å². The van der Waals surface area contributed by atoms with E-state index in [4.69, 9.17) is 4.42 Å². The second-order valence-electron chi connectivity index (χ2n) is 3.32. The maximum atomic E-state index is 5.55. The average molecular weight is 191 g/mol. The number of rotatable bonds is 2. The minimum atomic E-state index is 0.633. The van der Waals surface area contributed by atoms with Gasteiger partial charge in [-0.1, -0.05) is 0 Å². The molecular formula is C10H13N3O. The predicted octanol–water partition coefficient (Wildman–Crippen LogP) is 1.94. The van der Waals surface area contributed by atoms with Crippen molar-refractivity contribution < 1.29 is 4.42 Å². The van der Waals surface area contributed by atoms with Crippen LogP contribution in [0.5, 0.6) is 0 Å². The number of oxazole rings is 1. The lowest BCUT2D eigenvalue weighted by atomic mass is 10.3. The fourth-order valence-corrected chi connectivity index (χ4v) is 1.26. The summed E-state index contributed by atoms with van der Waals surface area (Å²) in [4.78, 5) is 6.17. The van der Waals surface area contributed by atoms with Crippen molar-refractivity contribution in [3.63, 3.8) is 0 Å². The zero-order valence-electron chi connectivity index (χ0n) is 8.53. The highest BCUT2D eigenvalue weighted by atomic mass is 16.4. The highest BCUT2D eigenvalue weighted by Gasteiger charge is 2.06. The molecular weight excluding hydrogens is 178 g/mol. The zero-order chi connectivity index (χ0) is 10.1. The van der Waals surface area contributed by atoms with E-state index in [1.807, 2.05) is 44.2 Å². The van der Waals surface area contributed by atoms with E-state index < -0.39 is 0 Å². The zero-order valence-corrected chi connectivity index (χ0v) is 8.53. The third-order valence-corrected chi connectivity index (χ3v) is 2.05. The minimum Gasteiger partial charge on any atom is -0.423 e. The molecule has 0 amide bonds. The normalized spacial score (nSPS) is 10.5. The van der Waals surface area contributed by atoms with Gasteiger partial charge in [0.05, 0.1) is 0 Å². The Bertz CT molecular complexity index is 448. The molecule has 2 rings (SSSR count). The molecule has 0 spiro atoms. The van der Waals surface area contributed by atoms with Gasteiger partial charge in [0.15, 0.2) is 5.58 Å². The summed E-state index contributed by atoms with van der Waals surface area (Å²) in [6.07, 6.45) is 0. The van der Waals surface area contributed by atoms with Crippen molar-refractivity contribution in [2.75, 3.05) is 31.4 Å². The van der Waals surface area contributed by atoms with E-state index in [0.717, 1.165) is 16.8 Å². The molecule has 4 heteroatoms. The average Bonchev–Trinajstić information content (AvgIpc) is 2.59. The van der Waals surface area contributed by atoms with E-state index in [1.165, 1.54) is 0 Å². The molecule has 1 aromatic carbocycles. The third-order valence-electron chi connectivity index (χ3n) is 2.05. The fourth-order valence-electron chi connectivity index (χ4n) is 1.26. The van der Waals surface area contributed by atoms with E-state index in [-0.39, 0.29) is 0 Å². The van der Waals surface area contributed by atoms with Crippen molar-refractivity contribution in [3.8, 4) is 0 Å². The predicted molar refractivity (Wildman–Crippen MR) is 57.9 cm³/mol. The van der Waals surface area contributed by atoms with Crippen LogP contribution in [0.3, 0.4) is 0 Å². The molecule has 0 aliphatic carbocycles. The Labute approximate surface area is 82.5 Å². The quantitative estimate of drug-likeness (QED) is 0.787. The lowest BCUT2D eigenvalue weighted by Gasteiger charge is -2.03. The maximum Gasteiger partial charge on any atom is 0.297 e.